The number of carbonyl (C=O) groups is 2. The number of fused-ring (bicyclic) bond motifs is 1. The van der Waals surface area contributed by atoms with Gasteiger partial charge in [-0.15, -0.1) is 0 Å². The molecule has 0 saturated carbocycles. The number of rotatable bonds is 5. The number of amides is 1. The highest BCUT2D eigenvalue weighted by molar-refractivity contribution is 7.16. The van der Waals surface area contributed by atoms with Crippen LogP contribution in [0.5, 0.6) is 5.75 Å². The highest BCUT2D eigenvalue weighted by Gasteiger charge is 2.13. The third-order valence-corrected chi connectivity index (χ3v) is 5.52. The minimum Gasteiger partial charge on any atom is -0.497 e. The SMILES string of the molecule is COC(=O)CCn1c(=NC(=O)c2cc(C)ccc2C)sc2cc(OC)ccc21. The summed E-state index contributed by atoms with van der Waals surface area (Å²) in [5.74, 6) is 0.111. The average molecular weight is 398 g/mol. The van der Waals surface area contributed by atoms with E-state index in [1.54, 1.807) is 7.11 Å². The minimum absolute atomic E-state index is 0.194. The fraction of sp³-hybridized carbons (Fsp3) is 0.286. The molecule has 0 bridgehead atoms. The molecule has 1 heterocycles. The molecule has 0 N–H and O–H groups in total. The monoisotopic (exact) mass is 398 g/mol. The van der Waals surface area contributed by atoms with E-state index in [4.69, 9.17) is 9.47 Å². The van der Waals surface area contributed by atoms with Crippen LogP contribution in [0.4, 0.5) is 0 Å². The van der Waals surface area contributed by atoms with Crippen molar-refractivity contribution in [1.82, 2.24) is 4.57 Å². The second-order valence-corrected chi connectivity index (χ2v) is 7.44. The summed E-state index contributed by atoms with van der Waals surface area (Å²) >= 11 is 1.39. The Morgan fingerprint density at radius 2 is 1.89 bits per heavy atom. The summed E-state index contributed by atoms with van der Waals surface area (Å²) in [6.45, 7) is 4.21. The van der Waals surface area contributed by atoms with E-state index in [1.165, 1.54) is 18.4 Å². The summed E-state index contributed by atoms with van der Waals surface area (Å²) < 4.78 is 12.8. The van der Waals surface area contributed by atoms with Gasteiger partial charge in [-0.05, 0) is 43.7 Å². The van der Waals surface area contributed by atoms with Crippen LogP contribution in [0.15, 0.2) is 41.4 Å². The van der Waals surface area contributed by atoms with Gasteiger partial charge in [-0.3, -0.25) is 9.59 Å². The quantitative estimate of drug-likeness (QED) is 0.616. The maximum atomic E-state index is 12.8. The molecule has 1 amide bonds. The summed E-state index contributed by atoms with van der Waals surface area (Å²) in [4.78, 5) is 29.4. The van der Waals surface area contributed by atoms with Crippen molar-refractivity contribution < 1.29 is 19.1 Å². The van der Waals surface area contributed by atoms with Gasteiger partial charge in [0.1, 0.15) is 5.75 Å². The molecule has 0 aliphatic carbocycles. The van der Waals surface area contributed by atoms with E-state index in [0.717, 1.165) is 27.1 Å². The molecule has 146 valence electrons. The van der Waals surface area contributed by atoms with E-state index < -0.39 is 0 Å². The van der Waals surface area contributed by atoms with Crippen LogP contribution in [0, 0.1) is 13.8 Å². The third-order valence-electron chi connectivity index (χ3n) is 4.48. The standard InChI is InChI=1S/C21H22N2O4S/c1-13-5-6-14(2)16(11-13)20(25)22-21-23(10-9-19(24)27-4)17-8-7-15(26-3)12-18(17)28-21/h5-8,11-12H,9-10H2,1-4H3. The summed E-state index contributed by atoms with van der Waals surface area (Å²) in [5, 5.41) is 0. The van der Waals surface area contributed by atoms with Crippen molar-refractivity contribution >= 4 is 33.4 Å². The van der Waals surface area contributed by atoms with Gasteiger partial charge in [0.15, 0.2) is 4.80 Å². The zero-order chi connectivity index (χ0) is 20.3. The van der Waals surface area contributed by atoms with E-state index in [9.17, 15) is 9.59 Å². The molecule has 0 aliphatic heterocycles. The van der Waals surface area contributed by atoms with E-state index in [1.807, 2.05) is 54.8 Å². The van der Waals surface area contributed by atoms with Crippen LogP contribution in [0.25, 0.3) is 10.2 Å². The Balaban J connectivity index is 2.11. The van der Waals surface area contributed by atoms with Crippen molar-refractivity contribution in [1.29, 1.82) is 0 Å². The Morgan fingerprint density at radius 1 is 1.11 bits per heavy atom. The topological polar surface area (TPSA) is 69.9 Å². The van der Waals surface area contributed by atoms with Crippen LogP contribution >= 0.6 is 11.3 Å². The van der Waals surface area contributed by atoms with Crippen LogP contribution in [-0.4, -0.2) is 30.7 Å². The molecule has 0 radical (unpaired) electrons. The number of methoxy groups -OCH3 is 2. The van der Waals surface area contributed by atoms with Gasteiger partial charge in [-0.25, -0.2) is 0 Å². The molecule has 0 unspecified atom stereocenters. The Hall–Kier alpha value is -2.93. The molecule has 3 rings (SSSR count). The molecule has 28 heavy (non-hydrogen) atoms. The van der Waals surface area contributed by atoms with Gasteiger partial charge in [-0.1, -0.05) is 29.0 Å². The highest BCUT2D eigenvalue weighted by Crippen LogP contribution is 2.23. The van der Waals surface area contributed by atoms with Crippen molar-refractivity contribution in [3.05, 3.63) is 57.9 Å². The zero-order valence-electron chi connectivity index (χ0n) is 16.3. The molecular weight excluding hydrogens is 376 g/mol. The predicted molar refractivity (Wildman–Crippen MR) is 109 cm³/mol. The Labute approximate surface area is 167 Å². The van der Waals surface area contributed by atoms with Crippen molar-refractivity contribution in [2.24, 2.45) is 4.99 Å². The average Bonchev–Trinajstić information content (AvgIpc) is 3.03. The second kappa shape index (κ2) is 8.39. The lowest BCUT2D eigenvalue weighted by Gasteiger charge is -2.06. The number of aromatic nitrogens is 1. The molecule has 0 spiro atoms. The maximum Gasteiger partial charge on any atom is 0.307 e. The molecule has 6 nitrogen and oxygen atoms in total. The van der Waals surface area contributed by atoms with Gasteiger partial charge in [0.05, 0.1) is 30.9 Å². The molecule has 7 heteroatoms. The first-order chi connectivity index (χ1) is 13.4. The first-order valence-corrected chi connectivity index (χ1v) is 9.65. The van der Waals surface area contributed by atoms with Crippen LogP contribution in [0.3, 0.4) is 0 Å². The smallest absolute Gasteiger partial charge is 0.307 e. The summed E-state index contributed by atoms with van der Waals surface area (Å²) in [5.41, 5.74) is 3.35. The lowest BCUT2D eigenvalue weighted by Crippen LogP contribution is -2.19. The Morgan fingerprint density at radius 3 is 2.61 bits per heavy atom. The summed E-state index contributed by atoms with van der Waals surface area (Å²) in [6, 6.07) is 11.4. The minimum atomic E-state index is -0.313. The molecule has 0 saturated heterocycles. The van der Waals surface area contributed by atoms with Gasteiger partial charge in [0, 0.05) is 12.1 Å². The number of esters is 1. The molecule has 0 atom stereocenters. The molecule has 0 aliphatic rings. The van der Waals surface area contributed by atoms with E-state index in [2.05, 4.69) is 4.99 Å². The summed E-state index contributed by atoms with van der Waals surface area (Å²) in [6.07, 6.45) is 0.194. The number of benzene rings is 2. The van der Waals surface area contributed by atoms with Gasteiger partial charge < -0.3 is 14.0 Å². The lowest BCUT2D eigenvalue weighted by atomic mass is 10.1. The summed E-state index contributed by atoms with van der Waals surface area (Å²) in [7, 11) is 2.97. The molecule has 3 aromatic rings. The number of aryl methyl sites for hydroxylation is 3. The van der Waals surface area contributed by atoms with E-state index in [-0.39, 0.29) is 18.3 Å². The molecule has 0 fully saturated rings. The fourth-order valence-corrected chi connectivity index (χ4v) is 3.98. The van der Waals surface area contributed by atoms with Crippen molar-refractivity contribution in [2.75, 3.05) is 14.2 Å². The van der Waals surface area contributed by atoms with E-state index >= 15 is 0 Å². The number of thiazole rings is 1. The largest absolute Gasteiger partial charge is 0.497 e. The van der Waals surface area contributed by atoms with Crippen LogP contribution in [0.1, 0.15) is 27.9 Å². The number of hydrogen-bond donors (Lipinski definition) is 0. The zero-order valence-corrected chi connectivity index (χ0v) is 17.1. The van der Waals surface area contributed by atoms with Gasteiger partial charge in [0.2, 0.25) is 0 Å². The second-order valence-electron chi connectivity index (χ2n) is 6.43. The Bertz CT molecular complexity index is 1110. The van der Waals surface area contributed by atoms with Gasteiger partial charge in [0.25, 0.3) is 5.91 Å². The van der Waals surface area contributed by atoms with Crippen LogP contribution < -0.4 is 9.54 Å². The number of hydrogen-bond acceptors (Lipinski definition) is 5. The van der Waals surface area contributed by atoms with Crippen LogP contribution in [0.2, 0.25) is 0 Å². The Kier molecular flexibility index (Phi) is 5.94. The molecular formula is C21H22N2O4S. The van der Waals surface area contributed by atoms with Crippen LogP contribution in [-0.2, 0) is 16.1 Å². The lowest BCUT2D eigenvalue weighted by molar-refractivity contribution is -0.140. The van der Waals surface area contributed by atoms with Crippen molar-refractivity contribution in [3.63, 3.8) is 0 Å². The first kappa shape index (κ1) is 19.8. The molecule has 2 aromatic carbocycles. The van der Waals surface area contributed by atoms with Crippen molar-refractivity contribution in [2.45, 2.75) is 26.8 Å². The normalized spacial score (nSPS) is 11.6. The number of carbonyl (C=O) groups excluding carboxylic acids is 2. The third kappa shape index (κ3) is 4.14. The molecule has 1 aromatic heterocycles. The van der Waals surface area contributed by atoms with Gasteiger partial charge in [-0.2, -0.15) is 4.99 Å². The van der Waals surface area contributed by atoms with Gasteiger partial charge >= 0.3 is 5.97 Å². The first-order valence-electron chi connectivity index (χ1n) is 8.83. The maximum absolute atomic E-state index is 12.8. The highest BCUT2D eigenvalue weighted by atomic mass is 32.1. The number of ether oxygens (including phenoxy) is 2. The fourth-order valence-electron chi connectivity index (χ4n) is 2.90. The number of nitrogens with zero attached hydrogens (tertiary/aromatic N) is 2. The van der Waals surface area contributed by atoms with Crippen molar-refractivity contribution in [3.8, 4) is 5.75 Å². The van der Waals surface area contributed by atoms with E-state index in [0.29, 0.717) is 16.9 Å². The predicted octanol–water partition coefficient (Wildman–Crippen LogP) is 3.63.